The van der Waals surface area contributed by atoms with E-state index in [1.807, 2.05) is 36.5 Å². The number of hydrogen-bond donors (Lipinski definition) is 0. The van der Waals surface area contributed by atoms with Crippen LogP contribution in [0.15, 0.2) is 41.4 Å². The van der Waals surface area contributed by atoms with Crippen molar-refractivity contribution in [1.82, 2.24) is 14.5 Å². The Morgan fingerprint density at radius 3 is 2.67 bits per heavy atom. The second-order valence-electron chi connectivity index (χ2n) is 7.60. The number of unbranched alkanes of at least 4 members (excludes halogenated alkanes) is 1. The van der Waals surface area contributed by atoms with Gasteiger partial charge in [0.2, 0.25) is 0 Å². The summed E-state index contributed by atoms with van der Waals surface area (Å²) in [7, 11) is 0. The fourth-order valence-electron chi connectivity index (χ4n) is 3.60. The third kappa shape index (κ3) is 4.19. The fraction of sp³-hybridized carbons (Fsp3) is 0.455. The van der Waals surface area contributed by atoms with Gasteiger partial charge in [0.05, 0.1) is 11.7 Å². The van der Waals surface area contributed by atoms with Crippen molar-refractivity contribution in [2.75, 3.05) is 5.75 Å². The molecule has 1 aliphatic rings. The first-order valence-corrected chi connectivity index (χ1v) is 11.2. The van der Waals surface area contributed by atoms with Gasteiger partial charge in [-0.1, -0.05) is 18.2 Å². The highest BCUT2D eigenvalue weighted by molar-refractivity contribution is 7.91. The van der Waals surface area contributed by atoms with Crippen molar-refractivity contribution in [2.45, 2.75) is 57.4 Å². The summed E-state index contributed by atoms with van der Waals surface area (Å²) >= 11 is -0.906. The van der Waals surface area contributed by atoms with E-state index in [0.717, 1.165) is 47.8 Å². The molecular formula is C22H27N3OS. The van der Waals surface area contributed by atoms with Crippen LogP contribution in [0.3, 0.4) is 0 Å². The first kappa shape index (κ1) is 18.5. The molecule has 0 saturated heterocycles. The Bertz CT molecular complexity index is 918. The minimum Gasteiger partial charge on any atom is -0.611 e. The Morgan fingerprint density at radius 1 is 1.15 bits per heavy atom. The van der Waals surface area contributed by atoms with Gasteiger partial charge >= 0.3 is 0 Å². The monoisotopic (exact) mass is 381 g/mol. The van der Waals surface area contributed by atoms with Gasteiger partial charge in [0.25, 0.3) is 0 Å². The standard InChI is InChI=1S/C22H27N3OS/c1-16-17(2)23-15-20-22(16)25(21(24-20)14-18-10-11-18)12-6-7-13-27(26)19-8-4-3-5-9-19/h3-5,8-9,15,18H,6-7,10-14H2,1-2H3. The molecule has 142 valence electrons. The molecule has 27 heavy (non-hydrogen) atoms. The Hall–Kier alpha value is -1.85. The van der Waals surface area contributed by atoms with Crippen LogP contribution in [0, 0.1) is 19.8 Å². The predicted molar refractivity (Wildman–Crippen MR) is 110 cm³/mol. The summed E-state index contributed by atoms with van der Waals surface area (Å²) < 4.78 is 14.8. The summed E-state index contributed by atoms with van der Waals surface area (Å²) in [5.41, 5.74) is 4.56. The Balaban J connectivity index is 1.46. The number of benzene rings is 1. The molecule has 1 aromatic carbocycles. The molecule has 0 N–H and O–H groups in total. The highest BCUT2D eigenvalue weighted by Crippen LogP contribution is 2.34. The zero-order valence-electron chi connectivity index (χ0n) is 16.1. The van der Waals surface area contributed by atoms with E-state index >= 15 is 0 Å². The Kier molecular flexibility index (Phi) is 5.50. The number of imidazole rings is 1. The third-order valence-corrected chi connectivity index (χ3v) is 6.95. The highest BCUT2D eigenvalue weighted by atomic mass is 32.2. The van der Waals surface area contributed by atoms with Gasteiger partial charge in [-0.15, -0.1) is 0 Å². The molecule has 2 heterocycles. The van der Waals surface area contributed by atoms with Gasteiger partial charge in [-0.05, 0) is 74.3 Å². The molecule has 3 aromatic rings. The number of hydrogen-bond acceptors (Lipinski definition) is 3. The normalized spacial score (nSPS) is 15.4. The topological polar surface area (TPSA) is 53.8 Å². The van der Waals surface area contributed by atoms with E-state index in [1.54, 1.807) is 0 Å². The van der Waals surface area contributed by atoms with Crippen LogP contribution in [0.4, 0.5) is 0 Å². The van der Waals surface area contributed by atoms with Crippen LogP contribution in [0.1, 0.15) is 42.8 Å². The SMILES string of the molecule is Cc1ncc2nc(CC3CC3)n(CCCC[S+]([O-])c3ccccc3)c2c1C. The van der Waals surface area contributed by atoms with Gasteiger partial charge < -0.3 is 9.12 Å². The van der Waals surface area contributed by atoms with Crippen LogP contribution in [0.2, 0.25) is 0 Å². The largest absolute Gasteiger partial charge is 0.611 e. The average molecular weight is 382 g/mol. The summed E-state index contributed by atoms with van der Waals surface area (Å²) in [5, 5.41) is 0. The maximum absolute atomic E-state index is 12.4. The summed E-state index contributed by atoms with van der Waals surface area (Å²) in [6.45, 7) is 5.15. The van der Waals surface area contributed by atoms with E-state index in [-0.39, 0.29) is 0 Å². The number of fused-ring (bicyclic) bond motifs is 1. The number of nitrogens with zero attached hydrogens (tertiary/aromatic N) is 3. The molecule has 5 heteroatoms. The number of rotatable bonds is 8. The summed E-state index contributed by atoms with van der Waals surface area (Å²) in [6, 6.07) is 9.77. The van der Waals surface area contributed by atoms with Crippen molar-refractivity contribution in [3.8, 4) is 0 Å². The van der Waals surface area contributed by atoms with Crippen molar-refractivity contribution in [3.63, 3.8) is 0 Å². The first-order chi connectivity index (χ1) is 13.1. The predicted octanol–water partition coefficient (Wildman–Crippen LogP) is 4.59. The van der Waals surface area contributed by atoms with E-state index in [1.165, 1.54) is 29.7 Å². The number of pyridine rings is 1. The maximum Gasteiger partial charge on any atom is 0.152 e. The molecule has 4 nitrogen and oxygen atoms in total. The first-order valence-electron chi connectivity index (χ1n) is 9.88. The second kappa shape index (κ2) is 8.03. The van der Waals surface area contributed by atoms with Gasteiger partial charge in [-0.2, -0.15) is 0 Å². The lowest BCUT2D eigenvalue weighted by atomic mass is 10.2. The van der Waals surface area contributed by atoms with Gasteiger partial charge in [-0.25, -0.2) is 4.98 Å². The molecule has 1 aliphatic carbocycles. The third-order valence-electron chi connectivity index (χ3n) is 5.49. The lowest BCUT2D eigenvalue weighted by Gasteiger charge is -2.13. The van der Waals surface area contributed by atoms with Gasteiger partial charge in [0.1, 0.15) is 17.1 Å². The van der Waals surface area contributed by atoms with Crippen molar-refractivity contribution in [3.05, 3.63) is 53.6 Å². The van der Waals surface area contributed by atoms with Crippen molar-refractivity contribution in [2.24, 2.45) is 5.92 Å². The van der Waals surface area contributed by atoms with Gasteiger partial charge in [0.15, 0.2) is 4.90 Å². The number of aryl methyl sites for hydroxylation is 3. The molecule has 0 bridgehead atoms. The molecule has 1 fully saturated rings. The lowest BCUT2D eigenvalue weighted by molar-refractivity contribution is 0.576. The number of aromatic nitrogens is 3. The van der Waals surface area contributed by atoms with Crippen LogP contribution < -0.4 is 0 Å². The molecule has 1 atom stereocenters. The molecular weight excluding hydrogens is 354 g/mol. The van der Waals surface area contributed by atoms with Gasteiger partial charge in [0, 0.05) is 18.7 Å². The Labute approximate surface area is 164 Å². The zero-order chi connectivity index (χ0) is 18.8. The van der Waals surface area contributed by atoms with E-state index < -0.39 is 11.2 Å². The van der Waals surface area contributed by atoms with E-state index in [0.29, 0.717) is 5.75 Å². The van der Waals surface area contributed by atoms with Crippen LogP contribution in [-0.4, -0.2) is 24.8 Å². The minimum atomic E-state index is -0.906. The molecule has 1 saturated carbocycles. The van der Waals surface area contributed by atoms with E-state index in [4.69, 9.17) is 4.98 Å². The molecule has 4 rings (SSSR count). The summed E-state index contributed by atoms with van der Waals surface area (Å²) in [6.07, 6.45) is 7.61. The van der Waals surface area contributed by atoms with Crippen LogP contribution in [-0.2, 0) is 24.1 Å². The van der Waals surface area contributed by atoms with Gasteiger partial charge in [-0.3, -0.25) is 4.98 Å². The lowest BCUT2D eigenvalue weighted by Crippen LogP contribution is -2.10. The molecule has 0 amide bonds. The van der Waals surface area contributed by atoms with E-state index in [9.17, 15) is 4.55 Å². The van der Waals surface area contributed by atoms with Crippen LogP contribution in [0.5, 0.6) is 0 Å². The highest BCUT2D eigenvalue weighted by Gasteiger charge is 2.25. The smallest absolute Gasteiger partial charge is 0.152 e. The van der Waals surface area contributed by atoms with Crippen molar-refractivity contribution < 1.29 is 4.55 Å². The zero-order valence-corrected chi connectivity index (χ0v) is 17.0. The van der Waals surface area contributed by atoms with Crippen molar-refractivity contribution in [1.29, 1.82) is 0 Å². The fourth-order valence-corrected chi connectivity index (χ4v) is 4.76. The van der Waals surface area contributed by atoms with Crippen LogP contribution >= 0.6 is 0 Å². The minimum absolute atomic E-state index is 0.716. The van der Waals surface area contributed by atoms with E-state index in [2.05, 4.69) is 23.4 Å². The molecule has 0 aliphatic heterocycles. The molecule has 0 spiro atoms. The summed E-state index contributed by atoms with van der Waals surface area (Å²) in [4.78, 5) is 10.3. The molecule has 1 unspecified atom stereocenters. The molecule has 0 radical (unpaired) electrons. The second-order valence-corrected chi connectivity index (χ2v) is 9.17. The van der Waals surface area contributed by atoms with Crippen molar-refractivity contribution >= 4 is 22.2 Å². The average Bonchev–Trinajstić information content (AvgIpc) is 3.43. The quantitative estimate of drug-likeness (QED) is 0.424. The summed E-state index contributed by atoms with van der Waals surface area (Å²) in [5.74, 6) is 2.72. The maximum atomic E-state index is 12.4. The van der Waals surface area contributed by atoms with Crippen LogP contribution in [0.25, 0.3) is 11.0 Å². The Morgan fingerprint density at radius 2 is 1.93 bits per heavy atom. The molecule has 2 aromatic heterocycles.